The van der Waals surface area contributed by atoms with Crippen molar-refractivity contribution in [3.05, 3.63) is 48.2 Å². The Hall–Kier alpha value is -2.71. The number of carbonyl (C=O) groups excluding carboxylic acids is 1. The number of aromatic nitrogens is 2. The average Bonchev–Trinajstić information content (AvgIpc) is 3.09. The maximum Gasteiger partial charge on any atom is 0.321 e. The fraction of sp³-hybridized carbons (Fsp3) is 0.278. The van der Waals surface area contributed by atoms with E-state index in [1.165, 1.54) is 11.3 Å². The second-order valence-electron chi connectivity index (χ2n) is 5.88. The van der Waals surface area contributed by atoms with Crippen LogP contribution < -0.4 is 15.5 Å². The minimum absolute atomic E-state index is 0.277. The van der Waals surface area contributed by atoms with Gasteiger partial charge in [0, 0.05) is 31.4 Å². The number of hydrogen-bond acceptors (Lipinski definition) is 6. The fourth-order valence-electron chi connectivity index (χ4n) is 2.87. The zero-order valence-corrected chi connectivity index (χ0v) is 15.0. The van der Waals surface area contributed by atoms with Crippen molar-refractivity contribution in [2.45, 2.75) is 6.54 Å². The third kappa shape index (κ3) is 3.76. The maximum atomic E-state index is 12.2. The van der Waals surface area contributed by atoms with Gasteiger partial charge >= 0.3 is 6.03 Å². The number of ether oxygens (including phenoxy) is 1. The van der Waals surface area contributed by atoms with Gasteiger partial charge in [0.05, 0.1) is 23.4 Å². The van der Waals surface area contributed by atoms with Gasteiger partial charge in [-0.2, -0.15) is 0 Å². The van der Waals surface area contributed by atoms with Gasteiger partial charge in [-0.05, 0) is 18.2 Å². The summed E-state index contributed by atoms with van der Waals surface area (Å²) in [6, 6.07) is 11.4. The number of nitrogens with zero attached hydrogens (tertiary/aromatic N) is 3. The molecule has 1 fully saturated rings. The summed E-state index contributed by atoms with van der Waals surface area (Å²) in [6.45, 7) is 3.41. The van der Waals surface area contributed by atoms with Gasteiger partial charge in [-0.3, -0.25) is 5.32 Å². The lowest BCUT2D eigenvalue weighted by Gasteiger charge is -2.29. The fourth-order valence-corrected chi connectivity index (χ4v) is 3.73. The molecule has 0 unspecified atom stereocenters. The van der Waals surface area contributed by atoms with Crippen molar-refractivity contribution < 1.29 is 9.53 Å². The van der Waals surface area contributed by atoms with Crippen molar-refractivity contribution in [3.63, 3.8) is 0 Å². The summed E-state index contributed by atoms with van der Waals surface area (Å²) >= 11 is 1.46. The number of benzene rings is 1. The maximum absolute atomic E-state index is 12.2. The zero-order chi connectivity index (χ0) is 17.8. The molecule has 2 aromatic heterocycles. The molecule has 0 bridgehead atoms. The second-order valence-corrected chi connectivity index (χ2v) is 6.91. The van der Waals surface area contributed by atoms with Gasteiger partial charge < -0.3 is 15.0 Å². The highest BCUT2D eigenvalue weighted by Crippen LogP contribution is 2.25. The molecule has 1 aromatic carbocycles. The lowest BCUT2D eigenvalue weighted by atomic mass is 10.2. The third-order valence-electron chi connectivity index (χ3n) is 4.13. The molecular weight excluding hydrogens is 350 g/mol. The average molecular weight is 369 g/mol. The molecule has 3 aromatic rings. The first kappa shape index (κ1) is 16.7. The molecule has 2 N–H and O–H groups in total. The number of rotatable bonds is 4. The van der Waals surface area contributed by atoms with Crippen molar-refractivity contribution in [2.75, 3.05) is 36.5 Å². The van der Waals surface area contributed by atoms with E-state index in [4.69, 9.17) is 4.74 Å². The van der Waals surface area contributed by atoms with Crippen LogP contribution in [0.25, 0.3) is 10.2 Å². The van der Waals surface area contributed by atoms with Crippen LogP contribution in [0.4, 0.5) is 15.7 Å². The molecule has 7 nitrogen and oxygen atoms in total. The SMILES string of the molecule is O=C(NCc1cccnc1N1CCOCC1)Nc1nc2ccccc2s1. The predicted molar refractivity (Wildman–Crippen MR) is 103 cm³/mol. The minimum atomic E-state index is -0.277. The number of morpholine rings is 1. The van der Waals surface area contributed by atoms with E-state index in [-0.39, 0.29) is 6.03 Å². The van der Waals surface area contributed by atoms with Gasteiger partial charge in [0.1, 0.15) is 5.82 Å². The van der Waals surface area contributed by atoms with Crippen LogP contribution in [0.2, 0.25) is 0 Å². The molecule has 0 atom stereocenters. The number of nitrogens with one attached hydrogen (secondary N) is 2. The largest absolute Gasteiger partial charge is 0.378 e. The molecule has 0 radical (unpaired) electrons. The number of amides is 2. The molecule has 3 heterocycles. The highest BCUT2D eigenvalue weighted by molar-refractivity contribution is 7.22. The molecule has 0 saturated carbocycles. The van der Waals surface area contributed by atoms with Gasteiger partial charge in [0.25, 0.3) is 0 Å². The molecule has 0 spiro atoms. The second kappa shape index (κ2) is 7.67. The molecular formula is C18H19N5O2S. The zero-order valence-electron chi connectivity index (χ0n) is 14.1. The Morgan fingerprint density at radius 1 is 1.19 bits per heavy atom. The van der Waals surface area contributed by atoms with Gasteiger partial charge in [-0.15, -0.1) is 0 Å². The summed E-state index contributed by atoms with van der Waals surface area (Å²) in [6.07, 6.45) is 1.77. The van der Waals surface area contributed by atoms with Crippen LogP contribution in [0.5, 0.6) is 0 Å². The standard InChI is InChI=1S/C18H19N5O2S/c24-17(22-18-21-14-5-1-2-6-15(14)26-18)20-12-13-4-3-7-19-16(13)23-8-10-25-11-9-23/h1-7H,8-12H2,(H2,20,21,22,24). The Labute approximate surface area is 155 Å². The van der Waals surface area contributed by atoms with Crippen LogP contribution in [0.15, 0.2) is 42.6 Å². The summed E-state index contributed by atoms with van der Waals surface area (Å²) in [5, 5.41) is 6.28. The smallest absolute Gasteiger partial charge is 0.321 e. The van der Waals surface area contributed by atoms with E-state index in [1.54, 1.807) is 6.20 Å². The first-order chi connectivity index (χ1) is 12.8. The highest BCUT2D eigenvalue weighted by Gasteiger charge is 2.16. The predicted octanol–water partition coefficient (Wildman–Crippen LogP) is 2.85. The summed E-state index contributed by atoms with van der Waals surface area (Å²) in [7, 11) is 0. The summed E-state index contributed by atoms with van der Waals surface area (Å²) < 4.78 is 6.44. The van der Waals surface area contributed by atoms with Crippen LogP contribution in [-0.4, -0.2) is 42.3 Å². The van der Waals surface area contributed by atoms with Gasteiger partial charge in [0.15, 0.2) is 5.13 Å². The summed E-state index contributed by atoms with van der Waals surface area (Å²) in [4.78, 5) is 23.3. The quantitative estimate of drug-likeness (QED) is 0.739. The molecule has 0 aliphatic carbocycles. The summed E-state index contributed by atoms with van der Waals surface area (Å²) in [5.41, 5.74) is 1.86. The molecule has 2 amide bonds. The molecule has 4 rings (SSSR count). The number of hydrogen-bond donors (Lipinski definition) is 2. The normalized spacial score (nSPS) is 14.4. The van der Waals surface area contributed by atoms with Gasteiger partial charge in [-0.25, -0.2) is 14.8 Å². The van der Waals surface area contributed by atoms with Crippen molar-refractivity contribution in [2.24, 2.45) is 0 Å². The summed E-state index contributed by atoms with van der Waals surface area (Å²) in [5.74, 6) is 0.899. The first-order valence-electron chi connectivity index (χ1n) is 8.46. The first-order valence-corrected chi connectivity index (χ1v) is 9.28. The molecule has 26 heavy (non-hydrogen) atoms. The van der Waals surface area contributed by atoms with Crippen molar-refractivity contribution in [1.29, 1.82) is 0 Å². The minimum Gasteiger partial charge on any atom is -0.378 e. The number of para-hydroxylation sites is 1. The number of fused-ring (bicyclic) bond motifs is 1. The van der Waals surface area contributed by atoms with E-state index in [0.29, 0.717) is 24.9 Å². The number of anilines is 2. The van der Waals surface area contributed by atoms with Gasteiger partial charge in [-0.1, -0.05) is 29.5 Å². The number of thiazole rings is 1. The topological polar surface area (TPSA) is 79.4 Å². The van der Waals surface area contributed by atoms with E-state index in [2.05, 4.69) is 25.5 Å². The van der Waals surface area contributed by atoms with Crippen molar-refractivity contribution >= 4 is 38.5 Å². The van der Waals surface area contributed by atoms with E-state index in [9.17, 15) is 4.79 Å². The Kier molecular flexibility index (Phi) is 4.94. The Morgan fingerprint density at radius 2 is 2.04 bits per heavy atom. The Morgan fingerprint density at radius 3 is 2.88 bits per heavy atom. The van der Waals surface area contributed by atoms with Crippen LogP contribution in [0.3, 0.4) is 0 Å². The molecule has 134 valence electrons. The molecule has 1 saturated heterocycles. The lowest BCUT2D eigenvalue weighted by Crippen LogP contribution is -2.38. The van der Waals surface area contributed by atoms with E-state index in [1.807, 2.05) is 36.4 Å². The Balaban J connectivity index is 1.40. The Bertz CT molecular complexity index is 874. The number of carbonyl (C=O) groups is 1. The van der Waals surface area contributed by atoms with Gasteiger partial charge in [0.2, 0.25) is 0 Å². The van der Waals surface area contributed by atoms with Crippen LogP contribution in [0, 0.1) is 0 Å². The highest BCUT2D eigenvalue weighted by atomic mass is 32.1. The van der Waals surface area contributed by atoms with E-state index >= 15 is 0 Å². The molecule has 8 heteroatoms. The van der Waals surface area contributed by atoms with Crippen LogP contribution in [-0.2, 0) is 11.3 Å². The molecule has 1 aliphatic heterocycles. The van der Waals surface area contributed by atoms with E-state index < -0.39 is 0 Å². The molecule has 1 aliphatic rings. The van der Waals surface area contributed by atoms with Crippen LogP contribution >= 0.6 is 11.3 Å². The number of urea groups is 1. The number of pyridine rings is 1. The van der Waals surface area contributed by atoms with Crippen LogP contribution in [0.1, 0.15) is 5.56 Å². The van der Waals surface area contributed by atoms with Crippen molar-refractivity contribution in [3.8, 4) is 0 Å². The lowest BCUT2D eigenvalue weighted by molar-refractivity contribution is 0.122. The monoisotopic (exact) mass is 369 g/mol. The third-order valence-corrected chi connectivity index (χ3v) is 5.08. The van der Waals surface area contributed by atoms with E-state index in [0.717, 1.165) is 34.7 Å². The van der Waals surface area contributed by atoms with Crippen molar-refractivity contribution in [1.82, 2.24) is 15.3 Å².